The van der Waals surface area contributed by atoms with E-state index in [0.717, 1.165) is 17.4 Å². The maximum Gasteiger partial charge on any atom is 0.229 e. The second-order valence-electron chi connectivity index (χ2n) is 8.04. The van der Waals surface area contributed by atoms with Crippen LogP contribution in [0.25, 0.3) is 5.69 Å². The Morgan fingerprint density at radius 1 is 1.11 bits per heavy atom. The quantitative estimate of drug-likeness (QED) is 0.402. The van der Waals surface area contributed by atoms with Crippen molar-refractivity contribution in [3.8, 4) is 17.2 Å². The fourth-order valence-corrected chi connectivity index (χ4v) is 3.95. The van der Waals surface area contributed by atoms with Crippen LogP contribution < -0.4 is 19.7 Å². The lowest BCUT2D eigenvalue weighted by Crippen LogP contribution is -2.35. The Bertz CT molecular complexity index is 1420. The van der Waals surface area contributed by atoms with Crippen LogP contribution in [0.4, 0.5) is 30.6 Å². The van der Waals surface area contributed by atoms with E-state index < -0.39 is 23.5 Å². The van der Waals surface area contributed by atoms with E-state index in [1.165, 1.54) is 6.20 Å². The molecule has 0 amide bonds. The first-order chi connectivity index (χ1) is 16.8. The van der Waals surface area contributed by atoms with Gasteiger partial charge in [-0.1, -0.05) is 0 Å². The van der Waals surface area contributed by atoms with Crippen LogP contribution in [0, 0.1) is 24.4 Å². The Hall–Kier alpha value is -4.28. The minimum Gasteiger partial charge on any atom is -0.494 e. The number of benzene rings is 2. The van der Waals surface area contributed by atoms with Crippen molar-refractivity contribution >= 4 is 17.5 Å². The van der Waals surface area contributed by atoms with Gasteiger partial charge in [0.05, 0.1) is 37.1 Å². The molecule has 8 nitrogen and oxygen atoms in total. The summed E-state index contributed by atoms with van der Waals surface area (Å²) in [4.78, 5) is 14.7. The molecule has 1 aliphatic rings. The highest BCUT2D eigenvalue weighted by molar-refractivity contribution is 5.64. The zero-order valence-corrected chi connectivity index (χ0v) is 19.1. The van der Waals surface area contributed by atoms with Gasteiger partial charge in [0.2, 0.25) is 5.95 Å². The molecule has 0 bridgehead atoms. The van der Waals surface area contributed by atoms with Crippen LogP contribution in [-0.2, 0) is 0 Å². The predicted octanol–water partition coefficient (Wildman–Crippen LogP) is 4.96. The van der Waals surface area contributed by atoms with Gasteiger partial charge < -0.3 is 24.3 Å². The molecule has 0 aliphatic carbocycles. The molecule has 1 aliphatic heterocycles. The zero-order valence-electron chi connectivity index (χ0n) is 19.1. The normalized spacial score (nSPS) is 14.9. The number of methoxy groups -OCH3 is 1. The minimum absolute atomic E-state index is 0. The van der Waals surface area contributed by atoms with Crippen molar-refractivity contribution in [3.05, 3.63) is 77.8 Å². The first-order valence-corrected chi connectivity index (χ1v) is 10.7. The number of aryl methyl sites for hydroxylation is 1. The number of rotatable bonds is 5. The molecular formula is C24H23F3N6O2. The molecule has 0 radical (unpaired) electrons. The fraction of sp³-hybridized carbons (Fsp3) is 0.208. The monoisotopic (exact) mass is 484 g/mol. The molecule has 1 atom stereocenters. The average Bonchev–Trinajstić information content (AvgIpc) is 3.28. The molecule has 35 heavy (non-hydrogen) atoms. The van der Waals surface area contributed by atoms with Crippen LogP contribution in [0.2, 0.25) is 0 Å². The molecule has 0 spiro atoms. The lowest BCUT2D eigenvalue weighted by atomic mass is 10.0. The second kappa shape index (κ2) is 8.82. The number of hydrogen-bond acceptors (Lipinski definition) is 7. The third kappa shape index (κ3) is 4.20. The largest absolute Gasteiger partial charge is 0.494 e. The van der Waals surface area contributed by atoms with Crippen molar-refractivity contribution in [2.75, 3.05) is 31.0 Å². The zero-order chi connectivity index (χ0) is 24.7. The average molecular weight is 484 g/mol. The topological polar surface area (TPSA) is 77.3 Å². The van der Waals surface area contributed by atoms with Gasteiger partial charge in [-0.05, 0) is 25.1 Å². The molecule has 0 saturated carbocycles. The van der Waals surface area contributed by atoms with E-state index in [2.05, 4.69) is 20.3 Å². The summed E-state index contributed by atoms with van der Waals surface area (Å²) in [5.41, 5.74) is 2.34. The first kappa shape index (κ1) is 22.5. The summed E-state index contributed by atoms with van der Waals surface area (Å²) in [5, 5.41) is 3.12. The molecule has 2 aromatic heterocycles. The molecule has 0 saturated heterocycles. The van der Waals surface area contributed by atoms with E-state index in [0.29, 0.717) is 29.1 Å². The molecular weight excluding hydrogens is 461 g/mol. The molecule has 3 heterocycles. The minimum atomic E-state index is -1.25. The van der Waals surface area contributed by atoms with Crippen LogP contribution in [0.1, 0.15) is 18.7 Å². The van der Waals surface area contributed by atoms with Gasteiger partial charge in [-0.3, -0.25) is 0 Å². The van der Waals surface area contributed by atoms with E-state index in [4.69, 9.17) is 9.47 Å². The van der Waals surface area contributed by atoms with Crippen LogP contribution in [0.5, 0.6) is 11.5 Å². The molecule has 0 fully saturated rings. The summed E-state index contributed by atoms with van der Waals surface area (Å²) in [6, 6.07) is 6.18. The molecule has 5 rings (SSSR count). The van der Waals surface area contributed by atoms with Gasteiger partial charge in [0, 0.05) is 38.1 Å². The predicted molar refractivity (Wildman–Crippen MR) is 125 cm³/mol. The number of anilines is 3. The van der Waals surface area contributed by atoms with Crippen molar-refractivity contribution in [3.63, 3.8) is 0 Å². The number of fused-ring (bicyclic) bond motifs is 1. The fourth-order valence-electron chi connectivity index (χ4n) is 3.95. The highest BCUT2D eigenvalue weighted by Gasteiger charge is 2.31. The Morgan fingerprint density at radius 3 is 2.66 bits per heavy atom. The van der Waals surface area contributed by atoms with Gasteiger partial charge >= 0.3 is 0 Å². The molecule has 1 unspecified atom stereocenters. The Labute approximate surface area is 200 Å². The number of aromatic nitrogens is 4. The van der Waals surface area contributed by atoms with Crippen LogP contribution in [0.3, 0.4) is 0 Å². The summed E-state index contributed by atoms with van der Waals surface area (Å²) in [7, 11) is 3.25. The highest BCUT2D eigenvalue weighted by atomic mass is 19.2. The number of nitrogens with one attached hydrogen (secondary N) is 1. The van der Waals surface area contributed by atoms with Crippen molar-refractivity contribution in [1.29, 1.82) is 0 Å². The number of hydrogen-bond donors (Lipinski definition) is 1. The molecule has 11 heteroatoms. The van der Waals surface area contributed by atoms with Gasteiger partial charge in [0.15, 0.2) is 23.2 Å². The van der Waals surface area contributed by atoms with Crippen LogP contribution in [0.15, 0.2) is 49.1 Å². The Morgan fingerprint density at radius 2 is 1.91 bits per heavy atom. The number of halogens is 3. The van der Waals surface area contributed by atoms with E-state index >= 15 is 0 Å². The van der Waals surface area contributed by atoms with E-state index in [-0.39, 0.29) is 19.5 Å². The number of nitrogens with zero attached hydrogens (tertiary/aromatic N) is 5. The third-order valence-electron chi connectivity index (χ3n) is 5.76. The lowest BCUT2D eigenvalue weighted by Gasteiger charge is -2.35. The molecule has 4 aromatic rings. The number of imidazole rings is 1. The van der Waals surface area contributed by atoms with Crippen molar-refractivity contribution in [2.45, 2.75) is 13.0 Å². The standard InChI is InChI=1S/C24H21F3N6O2.H2/c1-13-10-33(12-29-13)19-5-4-14(6-21(19)34-3)30-24-28-9-22-23(31-24)32(2)20(11-35-22)15-7-17(26)18(27)8-16(15)25;/h4-10,12,20H,11H2,1-3H3,(H,28,30,31);1H. The molecule has 2 aromatic carbocycles. The van der Waals surface area contributed by atoms with Crippen LogP contribution in [-0.4, -0.2) is 40.3 Å². The number of likely N-dealkylation sites (N-methyl/N-ethyl adjacent to an activating group) is 1. The summed E-state index contributed by atoms with van der Waals surface area (Å²) < 4.78 is 54.7. The summed E-state index contributed by atoms with van der Waals surface area (Å²) >= 11 is 0. The summed E-state index contributed by atoms with van der Waals surface area (Å²) in [6.07, 6.45) is 5.09. The van der Waals surface area contributed by atoms with E-state index in [9.17, 15) is 13.2 Å². The van der Waals surface area contributed by atoms with Gasteiger partial charge in [-0.2, -0.15) is 4.98 Å². The smallest absolute Gasteiger partial charge is 0.229 e. The Kier molecular flexibility index (Phi) is 5.67. The summed E-state index contributed by atoms with van der Waals surface area (Å²) in [5.74, 6) is -1.60. The first-order valence-electron chi connectivity index (χ1n) is 10.7. The maximum atomic E-state index is 14.4. The van der Waals surface area contributed by atoms with Gasteiger partial charge in [0.25, 0.3) is 0 Å². The van der Waals surface area contributed by atoms with Crippen molar-refractivity contribution in [2.24, 2.45) is 0 Å². The van der Waals surface area contributed by atoms with E-state index in [1.54, 1.807) is 31.5 Å². The van der Waals surface area contributed by atoms with Gasteiger partial charge in [0.1, 0.15) is 18.2 Å². The van der Waals surface area contributed by atoms with Crippen LogP contribution >= 0.6 is 0 Å². The van der Waals surface area contributed by atoms with Crippen molar-refractivity contribution in [1.82, 2.24) is 19.5 Å². The molecule has 1 N–H and O–H groups in total. The molecule has 182 valence electrons. The van der Waals surface area contributed by atoms with Gasteiger partial charge in [-0.15, -0.1) is 0 Å². The van der Waals surface area contributed by atoms with E-state index in [1.807, 2.05) is 29.8 Å². The summed E-state index contributed by atoms with van der Waals surface area (Å²) in [6.45, 7) is 1.92. The third-order valence-corrected chi connectivity index (χ3v) is 5.76. The van der Waals surface area contributed by atoms with Gasteiger partial charge in [-0.25, -0.2) is 23.1 Å². The highest BCUT2D eigenvalue weighted by Crippen LogP contribution is 2.38. The maximum absolute atomic E-state index is 14.4. The Balaban J connectivity index is 0.00000304. The second-order valence-corrected chi connectivity index (χ2v) is 8.04. The number of ether oxygens (including phenoxy) is 2. The van der Waals surface area contributed by atoms with Crippen molar-refractivity contribution < 1.29 is 24.1 Å². The SMILES string of the molecule is COc1cc(Nc2ncc3c(n2)N(C)C(c2cc(F)c(F)cc2F)CO3)ccc1-n1cnc(C)c1.[HH]. The lowest BCUT2D eigenvalue weighted by molar-refractivity contribution is 0.261.